The third-order valence-electron chi connectivity index (χ3n) is 4.26. The first-order chi connectivity index (χ1) is 15.0. The lowest BCUT2D eigenvalue weighted by Crippen LogP contribution is -2.29. The van der Waals surface area contributed by atoms with Gasteiger partial charge in [0.1, 0.15) is 10.1 Å². The van der Waals surface area contributed by atoms with Gasteiger partial charge in [-0.05, 0) is 54.5 Å². The second-order valence-corrected chi connectivity index (χ2v) is 9.19. The Morgan fingerprint density at radius 1 is 1.26 bits per heavy atom. The molecule has 31 heavy (non-hydrogen) atoms. The Morgan fingerprint density at radius 2 is 2.03 bits per heavy atom. The third-order valence-corrected chi connectivity index (χ3v) is 6.16. The second kappa shape index (κ2) is 11.4. The van der Waals surface area contributed by atoms with Crippen LogP contribution in [0.4, 0.5) is 5.69 Å². The van der Waals surface area contributed by atoms with Gasteiger partial charge in [0.2, 0.25) is 0 Å². The van der Waals surface area contributed by atoms with Gasteiger partial charge in [0, 0.05) is 30.4 Å². The largest absolute Gasteiger partial charge is 0.484 e. The number of anilines is 1. The monoisotopic (exact) mass is 520 g/mol. The Hall–Kier alpha value is -2.20. The lowest BCUT2D eigenvalue weighted by molar-refractivity contribution is -0.122. The zero-order valence-corrected chi connectivity index (χ0v) is 20.0. The van der Waals surface area contributed by atoms with Crippen LogP contribution in [0.2, 0.25) is 0 Å². The normalized spacial score (nSPS) is 14.9. The molecule has 162 valence electrons. The van der Waals surface area contributed by atoms with Crippen LogP contribution < -0.4 is 10.1 Å². The van der Waals surface area contributed by atoms with Gasteiger partial charge in [0.05, 0.1) is 4.91 Å². The number of carbonyl (C=O) groups excluding carboxylic acids is 2. The fraction of sp³-hybridized carbons (Fsp3) is 0.227. The highest BCUT2D eigenvalue weighted by Gasteiger charge is 2.31. The molecule has 1 aliphatic rings. The number of nitrogens with zero attached hydrogens (tertiary/aromatic N) is 1. The number of benzene rings is 2. The van der Waals surface area contributed by atoms with Crippen molar-refractivity contribution in [2.45, 2.75) is 6.42 Å². The van der Waals surface area contributed by atoms with Crippen LogP contribution >= 0.6 is 39.9 Å². The quantitative estimate of drug-likeness (QED) is 0.293. The summed E-state index contributed by atoms with van der Waals surface area (Å²) in [5.74, 6) is 0.172. The average Bonchev–Trinajstić information content (AvgIpc) is 3.02. The molecule has 0 radical (unpaired) electrons. The van der Waals surface area contributed by atoms with Crippen molar-refractivity contribution in [1.82, 2.24) is 4.90 Å². The molecule has 0 spiro atoms. The molecule has 0 saturated carbocycles. The van der Waals surface area contributed by atoms with Crippen molar-refractivity contribution in [2.75, 3.05) is 32.2 Å². The molecule has 1 heterocycles. The maximum absolute atomic E-state index is 12.6. The highest BCUT2D eigenvalue weighted by molar-refractivity contribution is 9.10. The van der Waals surface area contributed by atoms with E-state index in [-0.39, 0.29) is 18.4 Å². The molecule has 0 unspecified atom stereocenters. The topological polar surface area (TPSA) is 67.9 Å². The van der Waals surface area contributed by atoms with Crippen molar-refractivity contribution < 1.29 is 19.1 Å². The van der Waals surface area contributed by atoms with E-state index in [9.17, 15) is 9.59 Å². The maximum Gasteiger partial charge on any atom is 0.266 e. The lowest BCUT2D eigenvalue weighted by Gasteiger charge is -2.13. The molecule has 1 saturated heterocycles. The minimum Gasteiger partial charge on any atom is -0.484 e. The summed E-state index contributed by atoms with van der Waals surface area (Å²) in [6.45, 7) is 0.985. The van der Waals surface area contributed by atoms with Crippen molar-refractivity contribution in [2.24, 2.45) is 0 Å². The fourth-order valence-electron chi connectivity index (χ4n) is 2.78. The summed E-state index contributed by atoms with van der Waals surface area (Å²) < 4.78 is 12.1. The number of amides is 2. The first kappa shape index (κ1) is 23.5. The number of thioether (sulfide) groups is 1. The molecule has 0 atom stereocenters. The van der Waals surface area contributed by atoms with E-state index in [1.54, 1.807) is 42.4 Å². The lowest BCUT2D eigenvalue weighted by atomic mass is 10.2. The third kappa shape index (κ3) is 6.90. The van der Waals surface area contributed by atoms with Crippen molar-refractivity contribution in [3.63, 3.8) is 0 Å². The maximum atomic E-state index is 12.6. The van der Waals surface area contributed by atoms with Gasteiger partial charge >= 0.3 is 0 Å². The van der Waals surface area contributed by atoms with Crippen molar-refractivity contribution in [3.8, 4) is 5.75 Å². The van der Waals surface area contributed by atoms with E-state index in [4.69, 9.17) is 21.7 Å². The number of ether oxygens (including phenoxy) is 2. The van der Waals surface area contributed by atoms with Gasteiger partial charge in [-0.3, -0.25) is 14.5 Å². The number of hydrogen-bond acceptors (Lipinski definition) is 6. The molecular weight excluding hydrogens is 500 g/mol. The van der Waals surface area contributed by atoms with E-state index in [0.717, 1.165) is 16.5 Å². The molecule has 1 N–H and O–H groups in total. The summed E-state index contributed by atoms with van der Waals surface area (Å²) in [5.41, 5.74) is 1.49. The molecule has 2 aromatic rings. The number of nitrogens with one attached hydrogen (secondary N) is 1. The van der Waals surface area contributed by atoms with Crippen LogP contribution in [-0.2, 0) is 14.3 Å². The van der Waals surface area contributed by atoms with Crippen LogP contribution in [0.25, 0.3) is 6.08 Å². The first-order valence-corrected chi connectivity index (χ1v) is 11.5. The predicted molar refractivity (Wildman–Crippen MR) is 131 cm³/mol. The van der Waals surface area contributed by atoms with Crippen LogP contribution in [0, 0.1) is 0 Å². The second-order valence-electron chi connectivity index (χ2n) is 6.60. The van der Waals surface area contributed by atoms with E-state index < -0.39 is 0 Å². The van der Waals surface area contributed by atoms with Gasteiger partial charge in [-0.1, -0.05) is 52.0 Å². The number of halogens is 1. The van der Waals surface area contributed by atoms with E-state index in [0.29, 0.717) is 33.8 Å². The molecule has 3 rings (SSSR count). The minimum atomic E-state index is -0.260. The van der Waals surface area contributed by atoms with E-state index in [1.165, 1.54) is 11.8 Å². The number of carbonyl (C=O) groups is 2. The predicted octanol–water partition coefficient (Wildman–Crippen LogP) is 4.70. The number of rotatable bonds is 9. The van der Waals surface area contributed by atoms with Gasteiger partial charge in [0.25, 0.3) is 11.8 Å². The van der Waals surface area contributed by atoms with Crippen LogP contribution in [0.3, 0.4) is 0 Å². The summed E-state index contributed by atoms with van der Waals surface area (Å²) >= 11 is 9.97. The van der Waals surface area contributed by atoms with Crippen molar-refractivity contribution >= 4 is 67.8 Å². The smallest absolute Gasteiger partial charge is 0.266 e. The highest BCUT2D eigenvalue weighted by Crippen LogP contribution is 2.33. The summed E-state index contributed by atoms with van der Waals surface area (Å²) in [4.78, 5) is 26.9. The number of methoxy groups -OCH3 is 1. The number of thiocarbonyl (C=S) groups is 1. The van der Waals surface area contributed by atoms with Gasteiger partial charge in [-0.2, -0.15) is 0 Å². The fourth-order valence-corrected chi connectivity index (χ4v) is 4.36. The van der Waals surface area contributed by atoms with Crippen molar-refractivity contribution in [3.05, 3.63) is 63.5 Å². The van der Waals surface area contributed by atoms with Crippen molar-refractivity contribution in [1.29, 1.82) is 0 Å². The van der Waals surface area contributed by atoms with Crippen LogP contribution in [0.5, 0.6) is 5.75 Å². The van der Waals surface area contributed by atoms with E-state index in [2.05, 4.69) is 21.2 Å². The molecule has 9 heteroatoms. The SMILES string of the molecule is COCCCN1C(=O)/C(=C/c2cccc(OCC(=O)Nc3ccc(Br)cc3)c2)SC1=S. The van der Waals surface area contributed by atoms with Crippen LogP contribution in [0.1, 0.15) is 12.0 Å². The summed E-state index contributed by atoms with van der Waals surface area (Å²) in [5, 5.41) is 2.78. The Bertz CT molecular complexity index is 995. The first-order valence-electron chi connectivity index (χ1n) is 9.49. The zero-order chi connectivity index (χ0) is 22.2. The van der Waals surface area contributed by atoms with Gasteiger partial charge in [0.15, 0.2) is 6.61 Å². The van der Waals surface area contributed by atoms with E-state index in [1.807, 2.05) is 24.3 Å². The Labute approximate surface area is 199 Å². The Kier molecular flexibility index (Phi) is 8.65. The van der Waals surface area contributed by atoms with Gasteiger partial charge < -0.3 is 14.8 Å². The van der Waals surface area contributed by atoms with Crippen LogP contribution in [-0.4, -0.2) is 47.9 Å². The molecule has 1 fully saturated rings. The van der Waals surface area contributed by atoms with E-state index >= 15 is 0 Å². The minimum absolute atomic E-state index is 0.105. The van der Waals surface area contributed by atoms with Gasteiger partial charge in [-0.25, -0.2) is 0 Å². The standard InChI is InChI=1S/C22H21BrN2O4S2/c1-28-11-3-10-25-21(27)19(31-22(25)30)13-15-4-2-5-18(12-15)29-14-20(26)24-17-8-6-16(23)7-9-17/h2,4-9,12-13H,3,10-11,14H2,1H3,(H,24,26)/b19-13-. The molecule has 6 nitrogen and oxygen atoms in total. The van der Waals surface area contributed by atoms with Crippen LogP contribution in [0.15, 0.2) is 57.9 Å². The molecule has 2 amide bonds. The Balaban J connectivity index is 1.58. The highest BCUT2D eigenvalue weighted by atomic mass is 79.9. The summed E-state index contributed by atoms with van der Waals surface area (Å²) in [6.07, 6.45) is 2.51. The molecule has 1 aliphatic heterocycles. The number of hydrogen-bond donors (Lipinski definition) is 1. The molecule has 0 aliphatic carbocycles. The molecular formula is C22H21BrN2O4S2. The molecule has 0 bridgehead atoms. The molecule has 2 aromatic carbocycles. The average molecular weight is 521 g/mol. The summed E-state index contributed by atoms with van der Waals surface area (Å²) in [7, 11) is 1.63. The zero-order valence-electron chi connectivity index (χ0n) is 16.8. The summed E-state index contributed by atoms with van der Waals surface area (Å²) in [6, 6.07) is 14.5. The Morgan fingerprint density at radius 3 is 2.77 bits per heavy atom. The molecule has 0 aromatic heterocycles. The van der Waals surface area contributed by atoms with Gasteiger partial charge in [-0.15, -0.1) is 0 Å².